The van der Waals surface area contributed by atoms with Gasteiger partial charge in [-0.2, -0.15) is 5.26 Å². The number of pyridine rings is 1. The quantitative estimate of drug-likeness (QED) is 0.310. The maximum atomic E-state index is 14.3. The average molecular weight is 568 g/mol. The van der Waals surface area contributed by atoms with E-state index in [0.29, 0.717) is 30.5 Å². The molecule has 2 unspecified atom stereocenters. The number of aromatic carboxylic acids is 1. The standard InChI is InChI=1S/C32H30FN5O4/c33-25-12-20(15-34)4-5-22(25)19-42-30-3-1-2-28(36-30)32-9-10-37(16-23(32)14-32)18-29-35-26-7-6-21(31(39)40)13-27(26)38(29)17-24-8-11-41-24/h1-7,12-13,23-24H,8-11,14,16-19H2,(H,39,40)/t23?,24-,32?/m1/s1. The summed E-state index contributed by atoms with van der Waals surface area (Å²) in [6.45, 7) is 3.97. The van der Waals surface area contributed by atoms with E-state index in [9.17, 15) is 14.3 Å². The van der Waals surface area contributed by atoms with Gasteiger partial charge in [-0.3, -0.25) is 4.90 Å². The van der Waals surface area contributed by atoms with Crippen molar-refractivity contribution in [2.24, 2.45) is 5.92 Å². The Balaban J connectivity index is 1.04. The van der Waals surface area contributed by atoms with Crippen LogP contribution in [0.2, 0.25) is 0 Å². The van der Waals surface area contributed by atoms with Crippen LogP contribution in [0, 0.1) is 23.1 Å². The third-order valence-corrected chi connectivity index (χ3v) is 8.99. The van der Waals surface area contributed by atoms with Gasteiger partial charge in [0.15, 0.2) is 0 Å². The van der Waals surface area contributed by atoms with E-state index in [1.807, 2.05) is 12.1 Å². The number of ether oxygens (including phenoxy) is 2. The number of fused-ring (bicyclic) bond motifs is 2. The molecule has 3 atom stereocenters. The van der Waals surface area contributed by atoms with Crippen molar-refractivity contribution < 1.29 is 23.8 Å². The molecule has 2 saturated heterocycles. The van der Waals surface area contributed by atoms with Gasteiger partial charge in [-0.25, -0.2) is 19.2 Å². The number of hydrogen-bond donors (Lipinski definition) is 1. The van der Waals surface area contributed by atoms with Crippen LogP contribution in [0.4, 0.5) is 4.39 Å². The van der Waals surface area contributed by atoms with Crippen LogP contribution in [-0.2, 0) is 29.8 Å². The topological polar surface area (TPSA) is 114 Å². The summed E-state index contributed by atoms with van der Waals surface area (Å²) in [5.74, 6) is 0.452. The van der Waals surface area contributed by atoms with Gasteiger partial charge in [0.2, 0.25) is 5.88 Å². The molecular weight excluding hydrogens is 537 g/mol. The van der Waals surface area contributed by atoms with Gasteiger partial charge in [0.05, 0.1) is 53.1 Å². The first kappa shape index (κ1) is 26.6. The highest BCUT2D eigenvalue weighted by atomic mass is 19.1. The fraction of sp³-hybridized carbons (Fsp3) is 0.375. The summed E-state index contributed by atoms with van der Waals surface area (Å²) in [7, 11) is 0. The zero-order chi connectivity index (χ0) is 28.8. The number of carbonyl (C=O) groups is 1. The van der Waals surface area contributed by atoms with Gasteiger partial charge in [-0.15, -0.1) is 0 Å². The van der Waals surface area contributed by atoms with E-state index in [2.05, 4.69) is 15.5 Å². The van der Waals surface area contributed by atoms with Crippen molar-refractivity contribution in [2.45, 2.75) is 50.5 Å². The number of likely N-dealkylation sites (tertiary alicyclic amines) is 1. The minimum Gasteiger partial charge on any atom is -0.478 e. The van der Waals surface area contributed by atoms with Crippen LogP contribution in [0.1, 0.15) is 52.3 Å². The molecule has 2 aromatic heterocycles. The second-order valence-corrected chi connectivity index (χ2v) is 11.5. The molecule has 10 heteroatoms. The Kier molecular flexibility index (Phi) is 6.64. The van der Waals surface area contributed by atoms with Crippen molar-refractivity contribution in [3.05, 3.63) is 88.6 Å². The molecule has 2 aromatic carbocycles. The van der Waals surface area contributed by atoms with Gasteiger partial charge in [-0.1, -0.05) is 12.1 Å². The normalized spacial score (nSPS) is 23.1. The van der Waals surface area contributed by atoms with Crippen LogP contribution in [0.5, 0.6) is 5.88 Å². The zero-order valence-corrected chi connectivity index (χ0v) is 23.0. The first-order valence-corrected chi connectivity index (χ1v) is 14.3. The lowest BCUT2D eigenvalue weighted by Crippen LogP contribution is -2.37. The molecule has 9 nitrogen and oxygen atoms in total. The van der Waals surface area contributed by atoms with Gasteiger partial charge in [0.25, 0.3) is 0 Å². The Labute approximate surface area is 242 Å². The number of aromatic nitrogens is 3. The van der Waals surface area contributed by atoms with Crippen LogP contribution in [-0.4, -0.2) is 56.3 Å². The number of benzene rings is 2. The van der Waals surface area contributed by atoms with Gasteiger partial charge in [0, 0.05) is 30.2 Å². The summed E-state index contributed by atoms with van der Waals surface area (Å²) >= 11 is 0. The van der Waals surface area contributed by atoms with Crippen molar-refractivity contribution in [1.82, 2.24) is 19.4 Å². The highest BCUT2D eigenvalue weighted by Gasteiger charge is 2.58. The fourth-order valence-corrected chi connectivity index (χ4v) is 6.39. The fourth-order valence-electron chi connectivity index (χ4n) is 6.39. The first-order chi connectivity index (χ1) is 20.4. The molecule has 3 aliphatic rings. The predicted octanol–water partition coefficient (Wildman–Crippen LogP) is 4.67. The van der Waals surface area contributed by atoms with E-state index in [1.54, 1.807) is 36.4 Å². The largest absolute Gasteiger partial charge is 0.478 e. The van der Waals surface area contributed by atoms with Crippen molar-refractivity contribution in [3.8, 4) is 11.9 Å². The Morgan fingerprint density at radius 2 is 2.10 bits per heavy atom. The molecule has 1 N–H and O–H groups in total. The summed E-state index contributed by atoms with van der Waals surface area (Å²) < 4.78 is 28.0. The molecule has 0 radical (unpaired) electrons. The number of carboxylic acids is 1. The minimum absolute atomic E-state index is 0.0197. The highest BCUT2D eigenvalue weighted by Crippen LogP contribution is 2.59. The van der Waals surface area contributed by atoms with Crippen molar-refractivity contribution >= 4 is 17.0 Å². The van der Waals surface area contributed by atoms with Crippen molar-refractivity contribution in [1.29, 1.82) is 5.26 Å². The van der Waals surface area contributed by atoms with E-state index in [1.165, 1.54) is 6.07 Å². The van der Waals surface area contributed by atoms with Crippen LogP contribution in [0.15, 0.2) is 54.6 Å². The lowest BCUT2D eigenvalue weighted by molar-refractivity contribution is -0.0592. The molecule has 4 heterocycles. The van der Waals surface area contributed by atoms with E-state index in [-0.39, 0.29) is 29.3 Å². The lowest BCUT2D eigenvalue weighted by atomic mass is 9.91. The van der Waals surface area contributed by atoms with E-state index >= 15 is 0 Å². The Bertz CT molecular complexity index is 1730. The molecule has 3 fully saturated rings. The average Bonchev–Trinajstić information content (AvgIpc) is 3.62. The molecule has 7 rings (SSSR count). The maximum Gasteiger partial charge on any atom is 0.335 e. The molecule has 42 heavy (non-hydrogen) atoms. The van der Waals surface area contributed by atoms with E-state index < -0.39 is 11.8 Å². The van der Waals surface area contributed by atoms with Gasteiger partial charge >= 0.3 is 5.97 Å². The molecule has 2 aliphatic heterocycles. The molecule has 214 valence electrons. The monoisotopic (exact) mass is 567 g/mol. The highest BCUT2D eigenvalue weighted by molar-refractivity contribution is 5.92. The van der Waals surface area contributed by atoms with Crippen molar-refractivity contribution in [2.75, 3.05) is 19.7 Å². The summed E-state index contributed by atoms with van der Waals surface area (Å²) in [6, 6.07) is 17.2. The molecule has 1 saturated carbocycles. The number of hydrogen-bond acceptors (Lipinski definition) is 7. The smallest absolute Gasteiger partial charge is 0.335 e. The molecular formula is C32H30FN5O4. The number of halogens is 1. The summed E-state index contributed by atoms with van der Waals surface area (Å²) in [5.41, 5.74) is 3.58. The second-order valence-electron chi connectivity index (χ2n) is 11.5. The van der Waals surface area contributed by atoms with Gasteiger partial charge < -0.3 is 19.1 Å². The van der Waals surface area contributed by atoms with Crippen LogP contribution in [0.3, 0.4) is 0 Å². The minimum atomic E-state index is -0.948. The predicted molar refractivity (Wildman–Crippen MR) is 150 cm³/mol. The van der Waals surface area contributed by atoms with E-state index in [4.69, 9.17) is 24.7 Å². The van der Waals surface area contributed by atoms with Crippen LogP contribution >= 0.6 is 0 Å². The summed E-state index contributed by atoms with van der Waals surface area (Å²) in [6.07, 6.45) is 3.14. The number of piperidine rings is 1. The number of nitrogens with zero attached hydrogens (tertiary/aromatic N) is 5. The first-order valence-electron chi connectivity index (χ1n) is 14.3. The van der Waals surface area contributed by atoms with Gasteiger partial charge in [0.1, 0.15) is 18.2 Å². The maximum absolute atomic E-state index is 14.3. The molecule has 0 spiro atoms. The number of carboxylic acid groups (broad SMARTS) is 1. The Morgan fingerprint density at radius 1 is 1.21 bits per heavy atom. The number of rotatable bonds is 9. The number of imidazole rings is 1. The molecule has 0 bridgehead atoms. The van der Waals surface area contributed by atoms with Crippen LogP contribution < -0.4 is 4.74 Å². The summed E-state index contributed by atoms with van der Waals surface area (Å²) in [5, 5.41) is 18.5. The molecule has 0 amide bonds. The van der Waals surface area contributed by atoms with Crippen LogP contribution in [0.25, 0.3) is 11.0 Å². The summed E-state index contributed by atoms with van der Waals surface area (Å²) in [4.78, 5) is 23.8. The third kappa shape index (κ3) is 4.89. The Morgan fingerprint density at radius 3 is 2.83 bits per heavy atom. The van der Waals surface area contributed by atoms with Crippen molar-refractivity contribution in [3.63, 3.8) is 0 Å². The van der Waals surface area contributed by atoms with Gasteiger partial charge in [-0.05, 0) is 68.1 Å². The molecule has 4 aromatic rings. The molecule has 1 aliphatic carbocycles. The number of nitriles is 1. The third-order valence-electron chi connectivity index (χ3n) is 8.99. The van der Waals surface area contributed by atoms with E-state index in [0.717, 1.165) is 61.5 Å². The zero-order valence-electron chi connectivity index (χ0n) is 23.0. The SMILES string of the molecule is N#Cc1ccc(COc2cccc(C34CCN(Cc5nc6ccc(C(=O)O)cc6n5C[C@H]5CCO5)CC3C4)n2)c(F)c1. The Hall–Kier alpha value is -4.33. The second kappa shape index (κ2) is 10.5. The lowest BCUT2D eigenvalue weighted by Gasteiger charge is -2.32.